The molecule has 1 fully saturated rings. The summed E-state index contributed by atoms with van der Waals surface area (Å²) < 4.78 is 11.2. The second kappa shape index (κ2) is 7.24. The average Bonchev–Trinajstić information content (AvgIpc) is 2.40. The summed E-state index contributed by atoms with van der Waals surface area (Å²) in [6, 6.07) is 7.82. The van der Waals surface area contributed by atoms with E-state index in [1.807, 2.05) is 52.0 Å². The van der Waals surface area contributed by atoms with E-state index in [4.69, 9.17) is 9.47 Å². The first kappa shape index (κ1) is 18.3. The van der Waals surface area contributed by atoms with Gasteiger partial charge in [0.2, 0.25) is 0 Å². The molecule has 1 atom stereocenters. The normalized spacial score (nSPS) is 16.3. The second-order valence-electron chi connectivity index (χ2n) is 7.50. The third kappa shape index (κ3) is 5.25. The fourth-order valence-electron chi connectivity index (χ4n) is 2.60. The summed E-state index contributed by atoms with van der Waals surface area (Å²) in [6.45, 7) is 10.3. The molecule has 1 aromatic carbocycles. The van der Waals surface area contributed by atoms with Gasteiger partial charge in [0, 0.05) is 6.42 Å². The highest BCUT2D eigenvalue weighted by atomic mass is 16.6. The van der Waals surface area contributed by atoms with Crippen molar-refractivity contribution in [2.45, 2.75) is 58.7 Å². The van der Waals surface area contributed by atoms with Gasteiger partial charge in [0.05, 0.1) is 13.1 Å². The number of carbonyl (C=O) groups is 2. The van der Waals surface area contributed by atoms with Crippen LogP contribution in [-0.2, 0) is 9.53 Å². The first-order valence-electron chi connectivity index (χ1n) is 8.38. The molecule has 1 aliphatic rings. The summed E-state index contributed by atoms with van der Waals surface area (Å²) in [4.78, 5) is 24.7. The van der Waals surface area contributed by atoms with Crippen LogP contribution in [-0.4, -0.2) is 41.6 Å². The molecule has 0 aliphatic carbocycles. The number of Topliss-reactive ketones (excluding diaryl/α,β-unsaturated/α-hetero) is 1. The number of carbonyl (C=O) groups excluding carboxylic acids is 2. The molecule has 0 bridgehead atoms. The molecule has 1 aliphatic heterocycles. The number of likely N-dealkylation sites (tertiary alicyclic amines) is 1. The SMILES string of the molecule is CC(=O)CC(C)c1ccc(OC2CN(C(=O)OC(C)(C)C)C2)cc1. The van der Waals surface area contributed by atoms with Gasteiger partial charge in [0.25, 0.3) is 0 Å². The molecule has 5 nitrogen and oxygen atoms in total. The maximum Gasteiger partial charge on any atom is 0.410 e. The summed E-state index contributed by atoms with van der Waals surface area (Å²) in [5.41, 5.74) is 0.650. The van der Waals surface area contributed by atoms with E-state index in [0.29, 0.717) is 19.5 Å². The first-order chi connectivity index (χ1) is 11.1. The van der Waals surface area contributed by atoms with Gasteiger partial charge in [-0.25, -0.2) is 4.79 Å². The Morgan fingerprint density at radius 1 is 1.21 bits per heavy atom. The molecule has 5 heteroatoms. The smallest absolute Gasteiger partial charge is 0.410 e. The molecule has 1 saturated heterocycles. The van der Waals surface area contributed by atoms with E-state index in [9.17, 15) is 9.59 Å². The number of ether oxygens (including phenoxy) is 2. The largest absolute Gasteiger partial charge is 0.487 e. The van der Waals surface area contributed by atoms with Crippen molar-refractivity contribution in [3.05, 3.63) is 29.8 Å². The fourth-order valence-corrected chi connectivity index (χ4v) is 2.60. The Hall–Kier alpha value is -2.04. The maximum atomic E-state index is 11.9. The Bertz CT molecular complexity index is 582. The molecular weight excluding hydrogens is 306 g/mol. The molecule has 1 unspecified atom stereocenters. The average molecular weight is 333 g/mol. The molecule has 132 valence electrons. The van der Waals surface area contributed by atoms with Crippen molar-refractivity contribution in [2.24, 2.45) is 0 Å². The number of amides is 1. The summed E-state index contributed by atoms with van der Waals surface area (Å²) >= 11 is 0. The minimum absolute atomic E-state index is 0.00184. The van der Waals surface area contributed by atoms with E-state index in [-0.39, 0.29) is 23.9 Å². The number of hydrogen-bond donors (Lipinski definition) is 0. The van der Waals surface area contributed by atoms with Gasteiger partial charge >= 0.3 is 6.09 Å². The molecular formula is C19H27NO4. The quantitative estimate of drug-likeness (QED) is 0.823. The zero-order valence-electron chi connectivity index (χ0n) is 15.2. The van der Waals surface area contributed by atoms with Gasteiger partial charge in [-0.1, -0.05) is 19.1 Å². The van der Waals surface area contributed by atoms with E-state index >= 15 is 0 Å². The van der Waals surface area contributed by atoms with E-state index in [2.05, 4.69) is 0 Å². The standard InChI is InChI=1S/C19H27NO4/c1-13(10-14(2)21)15-6-8-16(9-7-15)23-17-11-20(12-17)18(22)24-19(3,4)5/h6-9,13,17H,10-12H2,1-5H3. The minimum Gasteiger partial charge on any atom is -0.487 e. The molecule has 0 radical (unpaired) electrons. The third-order valence-electron chi connectivity index (χ3n) is 3.85. The summed E-state index contributed by atoms with van der Waals surface area (Å²) in [5, 5.41) is 0. The zero-order chi connectivity index (χ0) is 17.9. The number of ketones is 1. The molecule has 0 saturated carbocycles. The first-order valence-corrected chi connectivity index (χ1v) is 8.38. The predicted molar refractivity (Wildman–Crippen MR) is 92.4 cm³/mol. The van der Waals surface area contributed by atoms with E-state index < -0.39 is 5.60 Å². The predicted octanol–water partition coefficient (Wildman–Crippen LogP) is 3.77. The van der Waals surface area contributed by atoms with Crippen molar-refractivity contribution in [1.82, 2.24) is 4.90 Å². The summed E-state index contributed by atoms with van der Waals surface area (Å²) in [5.74, 6) is 1.19. The van der Waals surface area contributed by atoms with Gasteiger partial charge in [-0.15, -0.1) is 0 Å². The Kier molecular flexibility index (Phi) is 5.52. The van der Waals surface area contributed by atoms with Crippen LogP contribution in [0.2, 0.25) is 0 Å². The Balaban J connectivity index is 1.80. The Labute approximate surface area is 143 Å². The summed E-state index contributed by atoms with van der Waals surface area (Å²) in [7, 11) is 0. The van der Waals surface area contributed by atoms with Crippen LogP contribution in [0.4, 0.5) is 4.79 Å². The highest BCUT2D eigenvalue weighted by Crippen LogP contribution is 2.24. The van der Waals surface area contributed by atoms with E-state index in [0.717, 1.165) is 11.3 Å². The van der Waals surface area contributed by atoms with Gasteiger partial charge in [-0.2, -0.15) is 0 Å². The van der Waals surface area contributed by atoms with Crippen molar-refractivity contribution in [2.75, 3.05) is 13.1 Å². The van der Waals surface area contributed by atoms with Crippen molar-refractivity contribution in [3.63, 3.8) is 0 Å². The number of benzene rings is 1. The van der Waals surface area contributed by atoms with Crippen LogP contribution in [0, 0.1) is 0 Å². The maximum absolute atomic E-state index is 11.9. The minimum atomic E-state index is -0.477. The van der Waals surface area contributed by atoms with Crippen molar-refractivity contribution >= 4 is 11.9 Å². The van der Waals surface area contributed by atoms with Crippen LogP contribution in [0.25, 0.3) is 0 Å². The lowest BCUT2D eigenvalue weighted by molar-refractivity contribution is -0.117. The van der Waals surface area contributed by atoms with Crippen LogP contribution in [0.15, 0.2) is 24.3 Å². The van der Waals surface area contributed by atoms with Crippen molar-refractivity contribution < 1.29 is 19.1 Å². The third-order valence-corrected chi connectivity index (χ3v) is 3.85. The highest BCUT2D eigenvalue weighted by Gasteiger charge is 2.35. The molecule has 24 heavy (non-hydrogen) atoms. The lowest BCUT2D eigenvalue weighted by atomic mass is 9.96. The Morgan fingerprint density at radius 3 is 2.29 bits per heavy atom. The van der Waals surface area contributed by atoms with Crippen LogP contribution in [0.1, 0.15) is 52.5 Å². The number of rotatable bonds is 5. The van der Waals surface area contributed by atoms with Crippen LogP contribution >= 0.6 is 0 Å². The zero-order valence-corrected chi connectivity index (χ0v) is 15.2. The topological polar surface area (TPSA) is 55.8 Å². The van der Waals surface area contributed by atoms with Gasteiger partial charge in [-0.3, -0.25) is 0 Å². The van der Waals surface area contributed by atoms with Gasteiger partial charge < -0.3 is 19.2 Å². The lowest BCUT2D eigenvalue weighted by Crippen LogP contribution is -2.57. The van der Waals surface area contributed by atoms with E-state index in [1.54, 1.807) is 11.8 Å². The van der Waals surface area contributed by atoms with Gasteiger partial charge in [0.15, 0.2) is 0 Å². The van der Waals surface area contributed by atoms with Crippen molar-refractivity contribution in [3.8, 4) is 5.75 Å². The van der Waals surface area contributed by atoms with Crippen LogP contribution in [0.5, 0.6) is 5.75 Å². The number of hydrogen-bond acceptors (Lipinski definition) is 4. The van der Waals surface area contributed by atoms with Crippen molar-refractivity contribution in [1.29, 1.82) is 0 Å². The molecule has 0 N–H and O–H groups in total. The molecule has 0 spiro atoms. The van der Waals surface area contributed by atoms with E-state index in [1.165, 1.54) is 0 Å². The van der Waals surface area contributed by atoms with Crippen LogP contribution in [0.3, 0.4) is 0 Å². The summed E-state index contributed by atoms with van der Waals surface area (Å²) in [6.07, 6.45) is 0.252. The molecule has 1 aromatic rings. The highest BCUT2D eigenvalue weighted by molar-refractivity contribution is 5.76. The Morgan fingerprint density at radius 2 is 1.79 bits per heavy atom. The number of nitrogens with zero attached hydrogens (tertiary/aromatic N) is 1. The molecule has 0 aromatic heterocycles. The van der Waals surface area contributed by atoms with Crippen LogP contribution < -0.4 is 4.74 Å². The second-order valence-corrected chi connectivity index (χ2v) is 7.50. The van der Waals surface area contributed by atoms with Gasteiger partial charge in [-0.05, 0) is 51.3 Å². The fraction of sp³-hybridized carbons (Fsp3) is 0.579. The molecule has 2 rings (SSSR count). The monoisotopic (exact) mass is 333 g/mol. The lowest BCUT2D eigenvalue weighted by Gasteiger charge is -2.39. The molecule has 1 amide bonds. The molecule has 1 heterocycles. The van der Waals surface area contributed by atoms with Gasteiger partial charge in [0.1, 0.15) is 23.2 Å².